The molecule has 1 aliphatic rings. The summed E-state index contributed by atoms with van der Waals surface area (Å²) < 4.78 is 0.864. The number of rotatable bonds is 4. The maximum Gasteiger partial charge on any atom is 0.252 e. The third-order valence-electron chi connectivity index (χ3n) is 3.88. The van der Waals surface area contributed by atoms with E-state index in [0.717, 1.165) is 43.5 Å². The molecule has 0 aromatic heterocycles. The number of nitrogens with one attached hydrogen (secondary N) is 1. The van der Waals surface area contributed by atoms with Crippen molar-refractivity contribution in [3.8, 4) is 0 Å². The lowest BCUT2D eigenvalue weighted by molar-refractivity contribution is 0.0937. The third-order valence-corrected chi connectivity index (χ3v) is 4.70. The molecule has 1 fully saturated rings. The number of nitrogens with zero attached hydrogens (tertiary/aromatic N) is 1. The Kier molecular flexibility index (Phi) is 5.87. The lowest BCUT2D eigenvalue weighted by atomic mass is 9.97. The number of amides is 1. The molecule has 0 unspecified atom stereocenters. The van der Waals surface area contributed by atoms with Crippen molar-refractivity contribution in [3.63, 3.8) is 0 Å². The van der Waals surface area contributed by atoms with Crippen molar-refractivity contribution >= 4 is 33.4 Å². The van der Waals surface area contributed by atoms with Gasteiger partial charge in [0.25, 0.3) is 5.91 Å². The summed E-state index contributed by atoms with van der Waals surface area (Å²) >= 11 is 9.42. The van der Waals surface area contributed by atoms with Crippen molar-refractivity contribution in [2.24, 2.45) is 5.92 Å². The molecule has 1 aromatic rings. The lowest BCUT2D eigenvalue weighted by Crippen LogP contribution is -2.38. The van der Waals surface area contributed by atoms with Gasteiger partial charge in [0, 0.05) is 11.0 Å². The van der Waals surface area contributed by atoms with Gasteiger partial charge in [-0.1, -0.05) is 34.5 Å². The molecule has 0 bridgehead atoms. The summed E-state index contributed by atoms with van der Waals surface area (Å²) in [6.45, 7) is 6.31. The third kappa shape index (κ3) is 4.21. The fraction of sp³-hybridized carbons (Fsp3) is 0.533. The van der Waals surface area contributed by atoms with Crippen LogP contribution in [0.25, 0.3) is 0 Å². The largest absolute Gasteiger partial charge is 0.352 e. The first-order valence-electron chi connectivity index (χ1n) is 7.05. The molecule has 1 aliphatic heterocycles. The quantitative estimate of drug-likeness (QED) is 0.891. The van der Waals surface area contributed by atoms with E-state index in [2.05, 4.69) is 33.1 Å². The molecule has 1 aromatic carbocycles. The zero-order valence-electron chi connectivity index (χ0n) is 11.7. The van der Waals surface area contributed by atoms with Crippen molar-refractivity contribution in [2.45, 2.75) is 19.8 Å². The van der Waals surface area contributed by atoms with Gasteiger partial charge in [0.2, 0.25) is 0 Å². The van der Waals surface area contributed by atoms with Gasteiger partial charge in [0.15, 0.2) is 0 Å². The minimum absolute atomic E-state index is 0.0887. The molecule has 1 N–H and O–H groups in total. The van der Waals surface area contributed by atoms with E-state index >= 15 is 0 Å². The number of likely N-dealkylation sites (tertiary alicyclic amines) is 1. The van der Waals surface area contributed by atoms with Crippen LogP contribution in [0.1, 0.15) is 30.1 Å². The second-order valence-corrected chi connectivity index (χ2v) is 6.53. The lowest BCUT2D eigenvalue weighted by Gasteiger charge is -2.31. The Balaban J connectivity index is 1.85. The van der Waals surface area contributed by atoms with Crippen LogP contribution >= 0.6 is 27.5 Å². The molecule has 1 heterocycles. The van der Waals surface area contributed by atoms with E-state index < -0.39 is 0 Å². The number of halogens is 2. The van der Waals surface area contributed by atoms with Gasteiger partial charge in [0.05, 0.1) is 10.6 Å². The summed E-state index contributed by atoms with van der Waals surface area (Å²) in [6.07, 6.45) is 2.31. The van der Waals surface area contributed by atoms with Crippen molar-refractivity contribution < 1.29 is 4.79 Å². The first-order chi connectivity index (χ1) is 9.60. The Hall–Kier alpha value is -0.580. The van der Waals surface area contributed by atoms with E-state index in [1.807, 2.05) is 6.07 Å². The molecule has 0 atom stereocenters. The molecule has 0 spiro atoms. The Morgan fingerprint density at radius 1 is 1.45 bits per heavy atom. The second kappa shape index (κ2) is 7.43. The van der Waals surface area contributed by atoms with Crippen LogP contribution in [0.4, 0.5) is 0 Å². The number of hydrogen-bond acceptors (Lipinski definition) is 2. The minimum atomic E-state index is -0.0887. The zero-order valence-corrected chi connectivity index (χ0v) is 14.0. The summed E-state index contributed by atoms with van der Waals surface area (Å²) in [4.78, 5) is 14.6. The van der Waals surface area contributed by atoms with Crippen LogP contribution in [0.2, 0.25) is 5.02 Å². The van der Waals surface area contributed by atoms with Crippen molar-refractivity contribution in [2.75, 3.05) is 26.2 Å². The van der Waals surface area contributed by atoms with Crippen LogP contribution in [0.3, 0.4) is 0 Å². The molecule has 20 heavy (non-hydrogen) atoms. The molecule has 5 heteroatoms. The Bertz CT molecular complexity index is 473. The average molecular weight is 360 g/mol. The van der Waals surface area contributed by atoms with Gasteiger partial charge < -0.3 is 10.2 Å². The molecular weight excluding hydrogens is 340 g/mol. The molecule has 3 nitrogen and oxygen atoms in total. The van der Waals surface area contributed by atoms with Crippen LogP contribution in [0.5, 0.6) is 0 Å². The van der Waals surface area contributed by atoms with E-state index in [9.17, 15) is 4.79 Å². The molecule has 110 valence electrons. The van der Waals surface area contributed by atoms with Gasteiger partial charge in [-0.05, 0) is 56.6 Å². The maximum atomic E-state index is 12.2. The SMILES string of the molecule is CCN1CCC(CNC(=O)c2cc(Br)ccc2Cl)CC1. The molecule has 0 aliphatic carbocycles. The number of carbonyl (C=O) groups is 1. The first-order valence-corrected chi connectivity index (χ1v) is 8.23. The van der Waals surface area contributed by atoms with Gasteiger partial charge in [-0.3, -0.25) is 4.79 Å². The number of carbonyl (C=O) groups excluding carboxylic acids is 1. The summed E-state index contributed by atoms with van der Waals surface area (Å²) in [5.74, 6) is 0.488. The molecular formula is C15H20BrClN2O. The predicted octanol–water partition coefficient (Wildman–Crippen LogP) is 3.56. The van der Waals surface area contributed by atoms with E-state index in [1.54, 1.807) is 12.1 Å². The van der Waals surface area contributed by atoms with E-state index in [1.165, 1.54) is 0 Å². The van der Waals surface area contributed by atoms with E-state index in [0.29, 0.717) is 16.5 Å². The van der Waals surface area contributed by atoms with Crippen LogP contribution < -0.4 is 5.32 Å². The first kappa shape index (κ1) is 15.8. The summed E-state index contributed by atoms with van der Waals surface area (Å²) in [5.41, 5.74) is 0.534. The van der Waals surface area contributed by atoms with Gasteiger partial charge >= 0.3 is 0 Å². The van der Waals surface area contributed by atoms with Crippen LogP contribution in [-0.4, -0.2) is 37.0 Å². The Morgan fingerprint density at radius 3 is 2.80 bits per heavy atom. The van der Waals surface area contributed by atoms with E-state index in [4.69, 9.17) is 11.6 Å². The molecule has 0 radical (unpaired) electrons. The smallest absolute Gasteiger partial charge is 0.252 e. The zero-order chi connectivity index (χ0) is 14.5. The monoisotopic (exact) mass is 358 g/mol. The fourth-order valence-corrected chi connectivity index (χ4v) is 3.08. The van der Waals surface area contributed by atoms with E-state index in [-0.39, 0.29) is 5.91 Å². The molecule has 1 amide bonds. The van der Waals surface area contributed by atoms with Crippen molar-refractivity contribution in [1.82, 2.24) is 10.2 Å². The number of hydrogen-bond donors (Lipinski definition) is 1. The van der Waals surface area contributed by atoms with Crippen LogP contribution in [0, 0.1) is 5.92 Å². The Labute approximate surface area is 133 Å². The highest BCUT2D eigenvalue weighted by atomic mass is 79.9. The summed E-state index contributed by atoms with van der Waals surface area (Å²) in [7, 11) is 0. The minimum Gasteiger partial charge on any atom is -0.352 e. The van der Waals surface area contributed by atoms with Gasteiger partial charge in [-0.25, -0.2) is 0 Å². The molecule has 2 rings (SSSR count). The van der Waals surface area contributed by atoms with Gasteiger partial charge in [0.1, 0.15) is 0 Å². The molecule has 1 saturated heterocycles. The summed E-state index contributed by atoms with van der Waals surface area (Å²) in [6, 6.07) is 5.33. The number of piperidine rings is 1. The highest BCUT2D eigenvalue weighted by Gasteiger charge is 2.19. The average Bonchev–Trinajstić information content (AvgIpc) is 2.47. The normalized spacial score (nSPS) is 17.1. The van der Waals surface area contributed by atoms with Crippen LogP contribution in [0.15, 0.2) is 22.7 Å². The molecule has 0 saturated carbocycles. The summed E-state index contributed by atoms with van der Waals surface area (Å²) in [5, 5.41) is 3.50. The Morgan fingerprint density at radius 2 is 2.15 bits per heavy atom. The van der Waals surface area contributed by atoms with Crippen molar-refractivity contribution in [3.05, 3.63) is 33.3 Å². The second-order valence-electron chi connectivity index (χ2n) is 5.21. The van der Waals surface area contributed by atoms with Crippen molar-refractivity contribution in [1.29, 1.82) is 0 Å². The highest BCUT2D eigenvalue weighted by molar-refractivity contribution is 9.10. The standard InChI is InChI=1S/C15H20BrClN2O/c1-2-19-7-5-11(6-8-19)10-18-15(20)13-9-12(16)3-4-14(13)17/h3-4,9,11H,2,5-8,10H2,1H3,(H,18,20). The maximum absolute atomic E-state index is 12.2. The highest BCUT2D eigenvalue weighted by Crippen LogP contribution is 2.21. The fourth-order valence-electron chi connectivity index (χ4n) is 2.51. The van der Waals surface area contributed by atoms with Gasteiger partial charge in [-0.2, -0.15) is 0 Å². The topological polar surface area (TPSA) is 32.3 Å². The predicted molar refractivity (Wildman–Crippen MR) is 86.3 cm³/mol. The number of benzene rings is 1. The van der Waals surface area contributed by atoms with Crippen LogP contribution in [-0.2, 0) is 0 Å². The van der Waals surface area contributed by atoms with Gasteiger partial charge in [-0.15, -0.1) is 0 Å².